The molecule has 0 saturated heterocycles. The molecule has 0 aliphatic rings. The number of aromatic hydroxyl groups is 1. The lowest BCUT2D eigenvalue weighted by atomic mass is 9.98. The van der Waals surface area contributed by atoms with Crippen LogP contribution in [-0.4, -0.2) is 10.9 Å². The molecule has 0 radical (unpaired) electrons. The lowest BCUT2D eigenvalue weighted by molar-refractivity contribution is 0.101. The summed E-state index contributed by atoms with van der Waals surface area (Å²) in [5.41, 5.74) is 3.65. The van der Waals surface area contributed by atoms with Crippen molar-refractivity contribution in [3.05, 3.63) is 53.6 Å². The highest BCUT2D eigenvalue weighted by Crippen LogP contribution is 2.30. The van der Waals surface area contributed by atoms with Gasteiger partial charge in [-0.2, -0.15) is 0 Å². The third-order valence-corrected chi connectivity index (χ3v) is 3.20. The van der Waals surface area contributed by atoms with Crippen molar-refractivity contribution in [3.63, 3.8) is 0 Å². The Bertz CT molecular complexity index is 588. The van der Waals surface area contributed by atoms with E-state index in [0.29, 0.717) is 5.56 Å². The highest BCUT2D eigenvalue weighted by atomic mass is 35.5. The molecule has 0 aromatic heterocycles. The molecule has 0 spiro atoms. The van der Waals surface area contributed by atoms with Crippen LogP contribution in [0.4, 0.5) is 0 Å². The van der Waals surface area contributed by atoms with Crippen LogP contribution in [-0.2, 0) is 6.42 Å². The maximum Gasteiger partial charge on any atom is 0.159 e. The van der Waals surface area contributed by atoms with Crippen LogP contribution in [0.25, 0.3) is 11.1 Å². The zero-order valence-corrected chi connectivity index (χ0v) is 12.5. The molecule has 2 nitrogen and oxygen atoms in total. The van der Waals surface area contributed by atoms with Gasteiger partial charge in [-0.15, -0.1) is 12.4 Å². The number of phenolic OH excluding ortho intramolecular Hbond substituents is 1. The van der Waals surface area contributed by atoms with Crippen molar-refractivity contribution in [3.8, 4) is 16.9 Å². The first-order chi connectivity index (χ1) is 9.11. The van der Waals surface area contributed by atoms with Gasteiger partial charge in [-0.05, 0) is 36.6 Å². The molecule has 106 valence electrons. The van der Waals surface area contributed by atoms with Crippen LogP contribution in [0, 0.1) is 0 Å². The summed E-state index contributed by atoms with van der Waals surface area (Å²) in [6.45, 7) is 3.68. The van der Waals surface area contributed by atoms with Gasteiger partial charge in [0.2, 0.25) is 0 Å². The van der Waals surface area contributed by atoms with Gasteiger partial charge in [0.1, 0.15) is 5.75 Å². The van der Waals surface area contributed by atoms with Crippen molar-refractivity contribution >= 4 is 18.2 Å². The third-order valence-electron chi connectivity index (χ3n) is 3.20. The van der Waals surface area contributed by atoms with E-state index in [1.807, 2.05) is 24.3 Å². The van der Waals surface area contributed by atoms with Gasteiger partial charge in [0.05, 0.1) is 0 Å². The number of rotatable bonds is 4. The maximum absolute atomic E-state index is 11.3. The zero-order chi connectivity index (χ0) is 13.8. The molecular formula is C17H19ClO2. The quantitative estimate of drug-likeness (QED) is 0.833. The molecule has 0 amide bonds. The number of halogens is 1. The summed E-state index contributed by atoms with van der Waals surface area (Å²) < 4.78 is 0. The van der Waals surface area contributed by atoms with Gasteiger partial charge in [0, 0.05) is 11.1 Å². The first kappa shape index (κ1) is 16.3. The van der Waals surface area contributed by atoms with Gasteiger partial charge in [-0.25, -0.2) is 0 Å². The van der Waals surface area contributed by atoms with Gasteiger partial charge in [0.15, 0.2) is 5.78 Å². The van der Waals surface area contributed by atoms with Crippen LogP contribution in [0.15, 0.2) is 42.5 Å². The number of carbonyl (C=O) groups excluding carboxylic acids is 1. The smallest absolute Gasteiger partial charge is 0.159 e. The summed E-state index contributed by atoms with van der Waals surface area (Å²) >= 11 is 0. The number of hydrogen-bond acceptors (Lipinski definition) is 2. The summed E-state index contributed by atoms with van der Waals surface area (Å²) in [7, 11) is 0. The molecule has 0 heterocycles. The molecule has 0 bridgehead atoms. The van der Waals surface area contributed by atoms with Crippen LogP contribution in [0.2, 0.25) is 0 Å². The van der Waals surface area contributed by atoms with E-state index in [-0.39, 0.29) is 23.9 Å². The minimum atomic E-state index is 0. The Morgan fingerprint density at radius 2 is 1.75 bits per heavy atom. The molecule has 2 rings (SSSR count). The molecule has 0 saturated carbocycles. The summed E-state index contributed by atoms with van der Waals surface area (Å²) in [5, 5.41) is 9.97. The van der Waals surface area contributed by atoms with E-state index in [0.717, 1.165) is 24.0 Å². The fourth-order valence-corrected chi connectivity index (χ4v) is 2.14. The summed E-state index contributed by atoms with van der Waals surface area (Å²) in [5.74, 6) is 0.325. The number of phenols is 1. The van der Waals surface area contributed by atoms with E-state index in [1.165, 1.54) is 5.56 Å². The highest BCUT2D eigenvalue weighted by Gasteiger charge is 2.06. The minimum Gasteiger partial charge on any atom is -0.507 e. The van der Waals surface area contributed by atoms with Gasteiger partial charge >= 0.3 is 0 Å². The molecule has 0 atom stereocenters. The topological polar surface area (TPSA) is 37.3 Å². The number of carbonyl (C=O) groups is 1. The number of benzene rings is 2. The molecule has 1 N–H and O–H groups in total. The van der Waals surface area contributed by atoms with Crippen molar-refractivity contribution in [2.75, 3.05) is 0 Å². The van der Waals surface area contributed by atoms with E-state index < -0.39 is 0 Å². The Balaban J connectivity index is 0.00000200. The molecule has 0 unspecified atom stereocenters. The molecule has 0 aliphatic heterocycles. The predicted molar refractivity (Wildman–Crippen MR) is 84.8 cm³/mol. The van der Waals surface area contributed by atoms with Crippen LogP contribution in [0.5, 0.6) is 5.75 Å². The monoisotopic (exact) mass is 290 g/mol. The standard InChI is InChI=1S/C17H18O2.ClH/c1-3-4-13-5-10-17(19)16(11-13)15-8-6-14(7-9-15)12(2)18;/h5-11,19H,3-4H2,1-2H3;1H. The van der Waals surface area contributed by atoms with E-state index in [4.69, 9.17) is 0 Å². The van der Waals surface area contributed by atoms with Crippen LogP contribution >= 0.6 is 12.4 Å². The molecule has 0 fully saturated rings. The fourth-order valence-electron chi connectivity index (χ4n) is 2.14. The summed E-state index contributed by atoms with van der Waals surface area (Å²) in [4.78, 5) is 11.3. The highest BCUT2D eigenvalue weighted by molar-refractivity contribution is 5.94. The second-order valence-corrected chi connectivity index (χ2v) is 4.74. The van der Waals surface area contributed by atoms with Crippen LogP contribution in [0.3, 0.4) is 0 Å². The number of hydrogen-bond donors (Lipinski definition) is 1. The first-order valence-electron chi connectivity index (χ1n) is 6.55. The number of ketones is 1. The van der Waals surface area contributed by atoms with E-state index >= 15 is 0 Å². The Morgan fingerprint density at radius 3 is 2.30 bits per heavy atom. The molecule has 0 aliphatic carbocycles. The lowest BCUT2D eigenvalue weighted by Crippen LogP contribution is -1.91. The summed E-state index contributed by atoms with van der Waals surface area (Å²) in [6, 6.07) is 13.0. The largest absolute Gasteiger partial charge is 0.507 e. The van der Waals surface area contributed by atoms with E-state index in [2.05, 4.69) is 6.92 Å². The number of aryl methyl sites for hydroxylation is 1. The second-order valence-electron chi connectivity index (χ2n) is 4.74. The van der Waals surface area contributed by atoms with Gasteiger partial charge in [-0.1, -0.05) is 43.7 Å². The van der Waals surface area contributed by atoms with E-state index in [1.54, 1.807) is 25.1 Å². The van der Waals surface area contributed by atoms with Crippen molar-refractivity contribution in [1.29, 1.82) is 0 Å². The molecule has 20 heavy (non-hydrogen) atoms. The minimum absolute atomic E-state index is 0. The maximum atomic E-state index is 11.3. The van der Waals surface area contributed by atoms with E-state index in [9.17, 15) is 9.90 Å². The van der Waals surface area contributed by atoms with Gasteiger partial charge in [-0.3, -0.25) is 4.79 Å². The number of Topliss-reactive ketones (excluding diaryl/α,β-unsaturated/α-hetero) is 1. The Hall–Kier alpha value is -1.80. The van der Waals surface area contributed by atoms with Crippen molar-refractivity contribution < 1.29 is 9.90 Å². The zero-order valence-electron chi connectivity index (χ0n) is 11.7. The molecule has 2 aromatic rings. The van der Waals surface area contributed by atoms with Crippen LogP contribution < -0.4 is 0 Å². The Labute approximate surface area is 125 Å². The van der Waals surface area contributed by atoms with Crippen LogP contribution in [0.1, 0.15) is 36.2 Å². The molecule has 2 aromatic carbocycles. The van der Waals surface area contributed by atoms with Gasteiger partial charge < -0.3 is 5.11 Å². The van der Waals surface area contributed by atoms with Crippen molar-refractivity contribution in [2.24, 2.45) is 0 Å². The van der Waals surface area contributed by atoms with Crippen molar-refractivity contribution in [1.82, 2.24) is 0 Å². The first-order valence-corrected chi connectivity index (χ1v) is 6.55. The fraction of sp³-hybridized carbons (Fsp3) is 0.235. The molecular weight excluding hydrogens is 272 g/mol. The summed E-state index contributed by atoms with van der Waals surface area (Å²) in [6.07, 6.45) is 2.08. The lowest BCUT2D eigenvalue weighted by Gasteiger charge is -2.08. The predicted octanol–water partition coefficient (Wildman–Crippen LogP) is 4.64. The normalized spacial score (nSPS) is 9.90. The Morgan fingerprint density at radius 1 is 1.10 bits per heavy atom. The average Bonchev–Trinajstić information content (AvgIpc) is 2.41. The average molecular weight is 291 g/mol. The Kier molecular flexibility index (Phi) is 5.78. The SMILES string of the molecule is CCCc1ccc(O)c(-c2ccc(C(C)=O)cc2)c1.Cl. The third kappa shape index (κ3) is 3.61. The molecule has 3 heteroatoms. The van der Waals surface area contributed by atoms with Gasteiger partial charge in [0.25, 0.3) is 0 Å². The van der Waals surface area contributed by atoms with Crippen molar-refractivity contribution in [2.45, 2.75) is 26.7 Å². The second kappa shape index (κ2) is 7.11.